The van der Waals surface area contributed by atoms with Crippen LogP contribution in [0, 0.1) is 19.8 Å². The third-order valence-corrected chi connectivity index (χ3v) is 4.76. The molecule has 1 aliphatic carbocycles. The summed E-state index contributed by atoms with van der Waals surface area (Å²) in [7, 11) is 0. The van der Waals surface area contributed by atoms with Crippen molar-refractivity contribution in [1.29, 1.82) is 0 Å². The van der Waals surface area contributed by atoms with Crippen molar-refractivity contribution in [3.8, 4) is 0 Å². The van der Waals surface area contributed by atoms with Gasteiger partial charge in [0.05, 0.1) is 10.2 Å². The van der Waals surface area contributed by atoms with Gasteiger partial charge in [-0.25, -0.2) is 4.98 Å². The molecule has 0 atom stereocenters. The van der Waals surface area contributed by atoms with Gasteiger partial charge >= 0.3 is 0 Å². The lowest BCUT2D eigenvalue weighted by Gasteiger charge is -1.98. The number of carbonyl (C=O) groups excluding carboxylic acids is 1. The summed E-state index contributed by atoms with van der Waals surface area (Å²) < 4.78 is 0.982. The van der Waals surface area contributed by atoms with Crippen LogP contribution in [0.3, 0.4) is 0 Å². The SMILES string of the molecule is Cc1cc(C)c2c(n1)sc1c(NC(=O)C3CC3)n[nH]c12. The summed E-state index contributed by atoms with van der Waals surface area (Å²) in [6.45, 7) is 4.07. The van der Waals surface area contributed by atoms with Gasteiger partial charge in [0.2, 0.25) is 5.91 Å². The fourth-order valence-electron chi connectivity index (χ4n) is 2.53. The lowest BCUT2D eigenvalue weighted by molar-refractivity contribution is -0.117. The van der Waals surface area contributed by atoms with Gasteiger partial charge in [-0.15, -0.1) is 11.3 Å². The van der Waals surface area contributed by atoms with Gasteiger partial charge in [-0.05, 0) is 38.3 Å². The minimum atomic E-state index is 0.0803. The van der Waals surface area contributed by atoms with Gasteiger partial charge in [-0.3, -0.25) is 9.89 Å². The largest absolute Gasteiger partial charge is 0.308 e. The van der Waals surface area contributed by atoms with Crippen molar-refractivity contribution in [2.75, 3.05) is 5.32 Å². The first-order valence-electron chi connectivity index (χ1n) is 6.69. The minimum absolute atomic E-state index is 0.0803. The third-order valence-electron chi connectivity index (χ3n) is 3.67. The molecule has 3 heterocycles. The molecule has 0 aliphatic heterocycles. The maximum atomic E-state index is 11.9. The van der Waals surface area contributed by atoms with E-state index in [1.54, 1.807) is 11.3 Å². The number of rotatable bonds is 2. The van der Waals surface area contributed by atoms with Gasteiger partial charge in [-0.2, -0.15) is 5.10 Å². The number of nitrogens with zero attached hydrogens (tertiary/aromatic N) is 2. The molecule has 3 aromatic rings. The number of anilines is 1. The van der Waals surface area contributed by atoms with Crippen LogP contribution in [0.4, 0.5) is 5.82 Å². The molecule has 4 rings (SSSR count). The zero-order valence-corrected chi connectivity index (χ0v) is 12.1. The summed E-state index contributed by atoms with van der Waals surface area (Å²) in [6, 6.07) is 2.07. The van der Waals surface area contributed by atoms with Crippen LogP contribution in [0.15, 0.2) is 6.07 Å². The molecule has 2 N–H and O–H groups in total. The van der Waals surface area contributed by atoms with E-state index in [1.807, 2.05) is 6.92 Å². The van der Waals surface area contributed by atoms with Crippen LogP contribution < -0.4 is 5.32 Å². The minimum Gasteiger partial charge on any atom is -0.308 e. The maximum absolute atomic E-state index is 11.9. The summed E-state index contributed by atoms with van der Waals surface area (Å²) in [5, 5.41) is 11.3. The Bertz CT molecular complexity index is 844. The molecule has 0 saturated heterocycles. The zero-order valence-electron chi connectivity index (χ0n) is 11.3. The van der Waals surface area contributed by atoms with Crippen LogP contribution in [-0.4, -0.2) is 21.1 Å². The van der Waals surface area contributed by atoms with Gasteiger partial charge in [0.15, 0.2) is 5.82 Å². The van der Waals surface area contributed by atoms with Crippen molar-refractivity contribution < 1.29 is 4.79 Å². The number of H-pyrrole nitrogens is 1. The molecule has 102 valence electrons. The average Bonchev–Trinajstić information content (AvgIpc) is 3.08. The van der Waals surface area contributed by atoms with Gasteiger partial charge in [0.25, 0.3) is 0 Å². The van der Waals surface area contributed by atoms with Gasteiger partial charge < -0.3 is 5.32 Å². The molecule has 0 bridgehead atoms. The first-order chi connectivity index (χ1) is 9.63. The summed E-state index contributed by atoms with van der Waals surface area (Å²) in [6.07, 6.45) is 1.98. The molecule has 1 aliphatic rings. The normalized spacial score (nSPS) is 15.1. The second-order valence-electron chi connectivity index (χ2n) is 5.40. The summed E-state index contributed by atoms with van der Waals surface area (Å²) >= 11 is 1.58. The molecule has 6 heteroatoms. The van der Waals surface area contributed by atoms with Crippen LogP contribution >= 0.6 is 11.3 Å². The van der Waals surface area contributed by atoms with Crippen molar-refractivity contribution in [2.24, 2.45) is 5.92 Å². The second-order valence-corrected chi connectivity index (χ2v) is 6.40. The average molecular weight is 286 g/mol. The van der Waals surface area contributed by atoms with Gasteiger partial charge in [0.1, 0.15) is 4.83 Å². The summed E-state index contributed by atoms with van der Waals surface area (Å²) in [4.78, 5) is 17.4. The third kappa shape index (κ3) is 1.71. The molecular weight excluding hydrogens is 272 g/mol. The van der Waals surface area contributed by atoms with Crippen LogP contribution in [-0.2, 0) is 4.79 Å². The van der Waals surface area contributed by atoms with Crippen molar-refractivity contribution >= 4 is 43.5 Å². The standard InChI is InChI=1S/C14H14N4OS/c1-6-5-7(2)15-14-9(6)10-11(20-14)12(18-17-10)16-13(19)8-3-4-8/h5,8H,3-4H2,1-2H3,(H2,16,17,18,19). The Morgan fingerprint density at radius 1 is 1.45 bits per heavy atom. The van der Waals surface area contributed by atoms with Crippen LogP contribution in [0.1, 0.15) is 24.1 Å². The fraction of sp³-hybridized carbons (Fsp3) is 0.357. The lowest BCUT2D eigenvalue weighted by Crippen LogP contribution is -2.13. The fourth-order valence-corrected chi connectivity index (χ4v) is 3.72. The number of hydrogen-bond donors (Lipinski definition) is 2. The molecule has 0 radical (unpaired) electrons. The molecule has 1 saturated carbocycles. The Morgan fingerprint density at radius 3 is 3.00 bits per heavy atom. The molecule has 0 aromatic carbocycles. The number of nitrogens with one attached hydrogen (secondary N) is 2. The summed E-state index contributed by atoms with van der Waals surface area (Å²) in [5.41, 5.74) is 3.17. The maximum Gasteiger partial charge on any atom is 0.228 e. The summed E-state index contributed by atoms with van der Waals surface area (Å²) in [5.74, 6) is 0.895. The van der Waals surface area contributed by atoms with E-state index in [0.29, 0.717) is 5.82 Å². The van der Waals surface area contributed by atoms with E-state index < -0.39 is 0 Å². The van der Waals surface area contributed by atoms with E-state index >= 15 is 0 Å². The molecule has 1 fully saturated rings. The highest BCUT2D eigenvalue weighted by Gasteiger charge is 2.30. The smallest absolute Gasteiger partial charge is 0.228 e. The number of aryl methyl sites for hydroxylation is 2. The Morgan fingerprint density at radius 2 is 2.25 bits per heavy atom. The Kier molecular flexibility index (Phi) is 2.38. The predicted octanol–water partition coefficient (Wildman–Crippen LogP) is 3.14. The molecule has 0 unspecified atom stereocenters. The highest BCUT2D eigenvalue weighted by molar-refractivity contribution is 7.26. The zero-order chi connectivity index (χ0) is 13.9. The Balaban J connectivity index is 1.87. The van der Waals surface area contributed by atoms with Crippen molar-refractivity contribution in [1.82, 2.24) is 15.2 Å². The Hall–Kier alpha value is -1.95. The van der Waals surface area contributed by atoms with Crippen LogP contribution in [0.2, 0.25) is 0 Å². The molecule has 0 spiro atoms. The highest BCUT2D eigenvalue weighted by Crippen LogP contribution is 2.38. The number of carbonyl (C=O) groups is 1. The van der Waals surface area contributed by atoms with E-state index in [4.69, 9.17) is 0 Å². The molecule has 3 aromatic heterocycles. The predicted molar refractivity (Wildman–Crippen MR) is 80.1 cm³/mol. The molecule has 1 amide bonds. The quantitative estimate of drug-likeness (QED) is 0.760. The number of aromatic amines is 1. The molecule has 5 nitrogen and oxygen atoms in total. The van der Waals surface area contributed by atoms with Crippen LogP contribution in [0.25, 0.3) is 20.4 Å². The van der Waals surface area contributed by atoms with Crippen molar-refractivity contribution in [3.05, 3.63) is 17.3 Å². The highest BCUT2D eigenvalue weighted by atomic mass is 32.1. The van der Waals surface area contributed by atoms with E-state index in [9.17, 15) is 4.79 Å². The van der Waals surface area contributed by atoms with E-state index in [0.717, 1.165) is 39.0 Å². The topological polar surface area (TPSA) is 70.7 Å². The van der Waals surface area contributed by atoms with Gasteiger partial charge in [-0.1, -0.05) is 0 Å². The number of amides is 1. The molecule has 20 heavy (non-hydrogen) atoms. The van der Waals surface area contributed by atoms with E-state index in [-0.39, 0.29) is 11.8 Å². The number of aromatic nitrogens is 3. The number of pyridine rings is 1. The first kappa shape index (κ1) is 11.8. The van der Waals surface area contributed by atoms with E-state index in [2.05, 4.69) is 33.5 Å². The van der Waals surface area contributed by atoms with Crippen molar-refractivity contribution in [3.63, 3.8) is 0 Å². The number of hydrogen-bond acceptors (Lipinski definition) is 4. The first-order valence-corrected chi connectivity index (χ1v) is 7.51. The van der Waals surface area contributed by atoms with Crippen molar-refractivity contribution in [2.45, 2.75) is 26.7 Å². The van der Waals surface area contributed by atoms with Gasteiger partial charge in [0, 0.05) is 17.0 Å². The number of fused-ring (bicyclic) bond motifs is 3. The Labute approximate surface area is 119 Å². The lowest BCUT2D eigenvalue weighted by atomic mass is 10.1. The second kappa shape index (κ2) is 4.02. The molecular formula is C14H14N4OS. The monoisotopic (exact) mass is 286 g/mol. The van der Waals surface area contributed by atoms with E-state index in [1.165, 1.54) is 5.56 Å². The number of thiophene rings is 1. The van der Waals surface area contributed by atoms with Crippen LogP contribution in [0.5, 0.6) is 0 Å².